The molecule has 1 heterocycles. The van der Waals surface area contributed by atoms with Crippen LogP contribution in [0.3, 0.4) is 0 Å². The highest BCUT2D eigenvalue weighted by Crippen LogP contribution is 2.38. The molecule has 0 amide bonds. The van der Waals surface area contributed by atoms with Gasteiger partial charge < -0.3 is 9.47 Å². The van der Waals surface area contributed by atoms with Crippen molar-refractivity contribution in [3.05, 3.63) is 37.2 Å². The Labute approximate surface area is 138 Å². The van der Waals surface area contributed by atoms with Crippen LogP contribution >= 0.6 is 57.7 Å². The monoisotopic (exact) mass is 371 g/mol. The summed E-state index contributed by atoms with van der Waals surface area (Å²) < 4.78 is 10.0. The first-order chi connectivity index (χ1) is 9.42. The molecule has 0 saturated carbocycles. The van der Waals surface area contributed by atoms with Crippen molar-refractivity contribution in [2.45, 2.75) is 0 Å². The van der Waals surface area contributed by atoms with Gasteiger partial charge in [0.05, 0.1) is 22.2 Å². The summed E-state index contributed by atoms with van der Waals surface area (Å²) in [6, 6.07) is 2.89. The highest BCUT2D eigenvalue weighted by molar-refractivity contribution is 7.15. The number of hydrogen-bond donors (Lipinski definition) is 0. The minimum Gasteiger partial charge on any atom is -0.465 e. The van der Waals surface area contributed by atoms with Crippen LogP contribution in [0.15, 0.2) is 12.1 Å². The number of methoxy groups -OCH3 is 1. The average Bonchev–Trinajstić information content (AvgIpc) is 2.76. The van der Waals surface area contributed by atoms with Gasteiger partial charge in [0.15, 0.2) is 15.8 Å². The molecule has 1 aromatic carbocycles. The SMILES string of the molecule is COC(=O)c1sc(Oc2cc(Cl)c(Cl)cc2Cl)nc1Cl. The number of esters is 1. The van der Waals surface area contributed by atoms with E-state index in [0.717, 1.165) is 11.3 Å². The lowest BCUT2D eigenvalue weighted by atomic mass is 10.3. The number of rotatable bonds is 3. The van der Waals surface area contributed by atoms with Crippen molar-refractivity contribution in [2.24, 2.45) is 0 Å². The first-order valence-electron chi connectivity index (χ1n) is 4.99. The summed E-state index contributed by atoms with van der Waals surface area (Å²) >= 11 is 24.4. The Morgan fingerprint density at radius 3 is 2.45 bits per heavy atom. The lowest BCUT2D eigenvalue weighted by molar-refractivity contribution is 0.0606. The number of thiazole rings is 1. The van der Waals surface area contributed by atoms with Crippen LogP contribution < -0.4 is 4.74 Å². The van der Waals surface area contributed by atoms with E-state index in [1.807, 2.05) is 0 Å². The molecule has 2 aromatic rings. The zero-order valence-corrected chi connectivity index (χ0v) is 13.6. The Morgan fingerprint density at radius 1 is 1.15 bits per heavy atom. The van der Waals surface area contributed by atoms with Crippen LogP contribution in [-0.4, -0.2) is 18.1 Å². The van der Waals surface area contributed by atoms with Crippen molar-refractivity contribution in [1.82, 2.24) is 4.98 Å². The second kappa shape index (κ2) is 6.37. The first kappa shape index (κ1) is 15.7. The maximum Gasteiger partial charge on any atom is 0.351 e. The summed E-state index contributed by atoms with van der Waals surface area (Å²) in [4.78, 5) is 15.4. The normalized spacial score (nSPS) is 10.4. The molecule has 0 aliphatic rings. The smallest absolute Gasteiger partial charge is 0.351 e. The van der Waals surface area contributed by atoms with Crippen molar-refractivity contribution in [3.8, 4) is 10.9 Å². The number of nitrogens with zero attached hydrogens (tertiary/aromatic N) is 1. The fourth-order valence-corrected chi connectivity index (χ4v) is 2.86. The quantitative estimate of drug-likeness (QED) is 0.539. The highest BCUT2D eigenvalue weighted by Gasteiger charge is 2.19. The van der Waals surface area contributed by atoms with Gasteiger partial charge in [-0.2, -0.15) is 4.98 Å². The highest BCUT2D eigenvalue weighted by atomic mass is 35.5. The van der Waals surface area contributed by atoms with Crippen LogP contribution in [0.1, 0.15) is 9.67 Å². The van der Waals surface area contributed by atoms with Gasteiger partial charge >= 0.3 is 5.97 Å². The van der Waals surface area contributed by atoms with E-state index in [1.54, 1.807) is 0 Å². The summed E-state index contributed by atoms with van der Waals surface area (Å²) in [5.41, 5.74) is 0. The maximum absolute atomic E-state index is 11.4. The number of benzene rings is 1. The second-order valence-electron chi connectivity index (χ2n) is 3.39. The third-order valence-corrected chi connectivity index (χ3v) is 4.43. The van der Waals surface area contributed by atoms with E-state index in [-0.39, 0.29) is 31.0 Å². The molecule has 106 valence electrons. The molecule has 0 bridgehead atoms. The summed E-state index contributed by atoms with van der Waals surface area (Å²) in [6.45, 7) is 0. The molecule has 0 N–H and O–H groups in total. The van der Waals surface area contributed by atoms with Gasteiger partial charge in [-0.3, -0.25) is 0 Å². The molecular formula is C11H5Cl4NO3S. The van der Waals surface area contributed by atoms with Crippen LogP contribution in [0.25, 0.3) is 0 Å². The number of halogens is 4. The van der Waals surface area contributed by atoms with Crippen LogP contribution in [0, 0.1) is 0 Å². The van der Waals surface area contributed by atoms with Gasteiger partial charge in [0.2, 0.25) is 0 Å². The molecule has 4 nitrogen and oxygen atoms in total. The molecule has 0 radical (unpaired) electrons. The molecule has 0 spiro atoms. The summed E-state index contributed by atoms with van der Waals surface area (Å²) in [5, 5.41) is 0.965. The molecule has 9 heteroatoms. The molecule has 2 rings (SSSR count). The van der Waals surface area contributed by atoms with Crippen molar-refractivity contribution < 1.29 is 14.3 Å². The van der Waals surface area contributed by atoms with Crippen molar-refractivity contribution in [3.63, 3.8) is 0 Å². The van der Waals surface area contributed by atoms with Gasteiger partial charge in [0, 0.05) is 6.07 Å². The molecule has 0 fully saturated rings. The van der Waals surface area contributed by atoms with E-state index in [2.05, 4.69) is 9.72 Å². The first-order valence-corrected chi connectivity index (χ1v) is 7.32. The van der Waals surface area contributed by atoms with E-state index in [1.165, 1.54) is 19.2 Å². The Balaban J connectivity index is 2.31. The van der Waals surface area contributed by atoms with Gasteiger partial charge in [-0.1, -0.05) is 57.7 Å². The van der Waals surface area contributed by atoms with E-state index < -0.39 is 5.97 Å². The minimum atomic E-state index is -0.595. The molecule has 0 saturated heterocycles. The van der Waals surface area contributed by atoms with Gasteiger partial charge in [0.1, 0.15) is 0 Å². The van der Waals surface area contributed by atoms with Crippen LogP contribution in [0.5, 0.6) is 10.9 Å². The maximum atomic E-state index is 11.4. The van der Waals surface area contributed by atoms with Crippen LogP contribution in [0.4, 0.5) is 0 Å². The molecule has 0 unspecified atom stereocenters. The summed E-state index contributed by atoms with van der Waals surface area (Å²) in [7, 11) is 1.24. The van der Waals surface area contributed by atoms with Gasteiger partial charge in [-0.05, 0) is 6.07 Å². The zero-order chi connectivity index (χ0) is 14.9. The largest absolute Gasteiger partial charge is 0.465 e. The third-order valence-electron chi connectivity index (χ3n) is 2.11. The molecule has 0 aliphatic carbocycles. The third kappa shape index (κ3) is 3.30. The van der Waals surface area contributed by atoms with Gasteiger partial charge in [-0.25, -0.2) is 4.79 Å². The lowest BCUT2D eigenvalue weighted by Gasteiger charge is -2.05. The predicted molar refractivity (Wildman–Crippen MR) is 80.0 cm³/mol. The Bertz CT molecular complexity index is 674. The molecule has 0 aliphatic heterocycles. The zero-order valence-electron chi connectivity index (χ0n) is 9.75. The number of aromatic nitrogens is 1. The fraction of sp³-hybridized carbons (Fsp3) is 0.0909. The minimum absolute atomic E-state index is 0.00645. The molecule has 20 heavy (non-hydrogen) atoms. The number of carbonyl (C=O) groups is 1. The molecule has 0 atom stereocenters. The van der Waals surface area contributed by atoms with Crippen molar-refractivity contribution >= 4 is 63.7 Å². The Hall–Kier alpha value is -0.720. The topological polar surface area (TPSA) is 48.4 Å². The number of ether oxygens (including phenoxy) is 2. The molecular weight excluding hydrogens is 368 g/mol. The van der Waals surface area contributed by atoms with E-state index >= 15 is 0 Å². The standard InChI is InChI=1S/C11H5Cl4NO3S/c1-18-10(17)8-9(15)16-11(20-8)19-7-3-5(13)4(12)2-6(7)14/h2-3H,1H3. The second-order valence-corrected chi connectivity index (χ2v) is 5.93. The van der Waals surface area contributed by atoms with Crippen LogP contribution in [0.2, 0.25) is 20.2 Å². The van der Waals surface area contributed by atoms with Gasteiger partial charge in [0.25, 0.3) is 5.19 Å². The molecule has 1 aromatic heterocycles. The Kier molecular flexibility index (Phi) is 4.99. The predicted octanol–water partition coefficient (Wildman–Crippen LogP) is 5.34. The van der Waals surface area contributed by atoms with Gasteiger partial charge in [-0.15, -0.1) is 0 Å². The lowest BCUT2D eigenvalue weighted by Crippen LogP contribution is -1.98. The van der Waals surface area contributed by atoms with E-state index in [0.29, 0.717) is 5.02 Å². The summed E-state index contributed by atoms with van der Waals surface area (Å²) in [6.07, 6.45) is 0. The number of hydrogen-bond acceptors (Lipinski definition) is 5. The fourth-order valence-electron chi connectivity index (χ4n) is 1.22. The van der Waals surface area contributed by atoms with Crippen LogP contribution in [-0.2, 0) is 4.74 Å². The van der Waals surface area contributed by atoms with Crippen molar-refractivity contribution in [1.29, 1.82) is 0 Å². The number of carbonyl (C=O) groups excluding carboxylic acids is 1. The van der Waals surface area contributed by atoms with E-state index in [4.69, 9.17) is 51.1 Å². The van der Waals surface area contributed by atoms with E-state index in [9.17, 15) is 4.79 Å². The Morgan fingerprint density at radius 2 is 1.80 bits per heavy atom. The summed E-state index contributed by atoms with van der Waals surface area (Å²) in [5.74, 6) is -0.342. The van der Waals surface area contributed by atoms with Crippen molar-refractivity contribution in [2.75, 3.05) is 7.11 Å². The average molecular weight is 373 g/mol.